The number of hydrogen-bond donors (Lipinski definition) is 1. The van der Waals surface area contributed by atoms with Gasteiger partial charge in [0.25, 0.3) is 5.22 Å². The Morgan fingerprint density at radius 3 is 2.80 bits per heavy atom. The molecule has 1 amide bonds. The highest BCUT2D eigenvalue weighted by Gasteiger charge is 2.23. The molecular formula is C18H15N3O3S. The van der Waals surface area contributed by atoms with Crippen molar-refractivity contribution < 1.29 is 13.9 Å². The number of ether oxygens (including phenoxy) is 1. The van der Waals surface area contributed by atoms with E-state index in [4.69, 9.17) is 14.9 Å². The fourth-order valence-electron chi connectivity index (χ4n) is 2.71. The Labute approximate surface area is 148 Å². The molecule has 0 bridgehead atoms. The van der Waals surface area contributed by atoms with Crippen LogP contribution >= 0.6 is 11.8 Å². The first-order valence-electron chi connectivity index (χ1n) is 7.81. The topological polar surface area (TPSA) is 91.2 Å². The van der Waals surface area contributed by atoms with Gasteiger partial charge in [0.15, 0.2) is 0 Å². The zero-order chi connectivity index (χ0) is 17.2. The molecule has 1 atom stereocenters. The van der Waals surface area contributed by atoms with Crippen LogP contribution < -0.4 is 10.5 Å². The highest BCUT2D eigenvalue weighted by molar-refractivity contribution is 8.00. The van der Waals surface area contributed by atoms with Crippen LogP contribution in [0.15, 0.2) is 58.2 Å². The smallest absolute Gasteiger partial charge is 0.277 e. The molecule has 1 aliphatic heterocycles. The van der Waals surface area contributed by atoms with E-state index in [0.717, 1.165) is 40.6 Å². The Morgan fingerprint density at radius 1 is 1.16 bits per heavy atom. The first-order valence-corrected chi connectivity index (χ1v) is 8.69. The average Bonchev–Trinajstić information content (AvgIpc) is 3.28. The van der Waals surface area contributed by atoms with Crippen LogP contribution in [0.25, 0.3) is 11.5 Å². The molecule has 0 aliphatic carbocycles. The van der Waals surface area contributed by atoms with E-state index in [9.17, 15) is 4.79 Å². The molecule has 4 rings (SSSR count). The highest BCUT2D eigenvalue weighted by Crippen LogP contribution is 2.36. The van der Waals surface area contributed by atoms with Gasteiger partial charge in [0, 0.05) is 12.0 Å². The maximum Gasteiger partial charge on any atom is 0.277 e. The number of thioether (sulfide) groups is 1. The Balaban J connectivity index is 1.57. The molecule has 7 heteroatoms. The molecular weight excluding hydrogens is 338 g/mol. The van der Waals surface area contributed by atoms with Crippen molar-refractivity contribution in [3.63, 3.8) is 0 Å². The van der Waals surface area contributed by atoms with Crippen molar-refractivity contribution in [1.82, 2.24) is 10.2 Å². The molecule has 2 heterocycles. The second-order valence-electron chi connectivity index (χ2n) is 5.61. The van der Waals surface area contributed by atoms with E-state index in [1.54, 1.807) is 0 Å². The summed E-state index contributed by atoms with van der Waals surface area (Å²) in [6.45, 7) is 0.696. The van der Waals surface area contributed by atoms with Crippen molar-refractivity contribution in [1.29, 1.82) is 0 Å². The van der Waals surface area contributed by atoms with Gasteiger partial charge in [0.1, 0.15) is 11.0 Å². The van der Waals surface area contributed by atoms with Gasteiger partial charge in [-0.3, -0.25) is 4.79 Å². The van der Waals surface area contributed by atoms with Crippen molar-refractivity contribution in [3.8, 4) is 17.2 Å². The van der Waals surface area contributed by atoms with E-state index in [-0.39, 0.29) is 0 Å². The Bertz CT molecular complexity index is 911. The number of benzene rings is 2. The third-order valence-electron chi connectivity index (χ3n) is 3.92. The molecule has 3 aromatic rings. The van der Waals surface area contributed by atoms with Crippen LogP contribution in [0.1, 0.15) is 16.4 Å². The standard InChI is InChI=1S/C18H15N3O3S/c19-16(22)15(11-4-2-1-3-5-11)25-18-21-20-17(24-18)13-6-7-14-12(10-13)8-9-23-14/h1-7,10,15H,8-9H2,(H2,19,22). The normalized spacial score (nSPS) is 13.9. The summed E-state index contributed by atoms with van der Waals surface area (Å²) in [4.78, 5) is 11.8. The summed E-state index contributed by atoms with van der Waals surface area (Å²) in [6, 6.07) is 15.1. The third kappa shape index (κ3) is 3.23. The first kappa shape index (κ1) is 15.7. The van der Waals surface area contributed by atoms with Crippen LogP contribution in [0.2, 0.25) is 0 Å². The molecule has 1 unspecified atom stereocenters. The first-order chi connectivity index (χ1) is 12.2. The van der Waals surface area contributed by atoms with Crippen LogP contribution in [0.5, 0.6) is 5.75 Å². The van der Waals surface area contributed by atoms with Crippen molar-refractivity contribution in [2.75, 3.05) is 6.61 Å². The van der Waals surface area contributed by atoms with Gasteiger partial charge in [-0.2, -0.15) is 0 Å². The number of nitrogens with zero attached hydrogens (tertiary/aromatic N) is 2. The molecule has 0 saturated carbocycles. The van der Waals surface area contributed by atoms with Gasteiger partial charge in [0.05, 0.1) is 6.61 Å². The van der Waals surface area contributed by atoms with Gasteiger partial charge in [-0.05, 0) is 41.1 Å². The second-order valence-corrected chi connectivity index (χ2v) is 6.66. The number of aromatic nitrogens is 2. The van der Waals surface area contributed by atoms with Gasteiger partial charge in [-0.15, -0.1) is 10.2 Å². The van der Waals surface area contributed by atoms with Crippen LogP contribution in [-0.2, 0) is 11.2 Å². The summed E-state index contributed by atoms with van der Waals surface area (Å²) < 4.78 is 11.2. The lowest BCUT2D eigenvalue weighted by molar-refractivity contribution is -0.117. The molecule has 1 aliphatic rings. The molecule has 1 aromatic heterocycles. The monoisotopic (exact) mass is 353 g/mol. The maximum atomic E-state index is 11.8. The van der Waals surface area contributed by atoms with Gasteiger partial charge < -0.3 is 14.9 Å². The molecule has 25 heavy (non-hydrogen) atoms. The van der Waals surface area contributed by atoms with E-state index in [1.165, 1.54) is 0 Å². The summed E-state index contributed by atoms with van der Waals surface area (Å²) in [6.07, 6.45) is 0.872. The number of amides is 1. The molecule has 6 nitrogen and oxygen atoms in total. The van der Waals surface area contributed by atoms with E-state index in [1.807, 2.05) is 48.5 Å². The number of rotatable bonds is 5. The summed E-state index contributed by atoms with van der Waals surface area (Å²) in [5.74, 6) is 0.856. The summed E-state index contributed by atoms with van der Waals surface area (Å²) in [7, 11) is 0. The summed E-state index contributed by atoms with van der Waals surface area (Å²) in [5.41, 5.74) is 8.29. The third-order valence-corrected chi connectivity index (χ3v) is 5.03. The van der Waals surface area contributed by atoms with E-state index in [2.05, 4.69) is 10.2 Å². The summed E-state index contributed by atoms with van der Waals surface area (Å²) >= 11 is 1.15. The highest BCUT2D eigenvalue weighted by atomic mass is 32.2. The fraction of sp³-hybridized carbons (Fsp3) is 0.167. The van der Waals surface area contributed by atoms with Crippen LogP contribution in [0, 0.1) is 0 Å². The number of hydrogen-bond acceptors (Lipinski definition) is 6. The Kier molecular flexibility index (Phi) is 4.15. The minimum absolute atomic E-state index is 0.305. The van der Waals surface area contributed by atoms with E-state index >= 15 is 0 Å². The fourth-order valence-corrected chi connectivity index (χ4v) is 3.54. The minimum Gasteiger partial charge on any atom is -0.493 e. The van der Waals surface area contributed by atoms with Crippen LogP contribution in [0.3, 0.4) is 0 Å². The molecule has 2 N–H and O–H groups in total. The molecule has 0 saturated heterocycles. The van der Waals surface area contributed by atoms with Gasteiger partial charge in [-0.1, -0.05) is 30.3 Å². The van der Waals surface area contributed by atoms with Crippen molar-refractivity contribution >= 4 is 17.7 Å². The predicted octanol–water partition coefficient (Wildman–Crippen LogP) is 2.99. The molecule has 0 radical (unpaired) electrons. The number of primary amides is 1. The van der Waals surface area contributed by atoms with Crippen LogP contribution in [0.4, 0.5) is 0 Å². The SMILES string of the molecule is NC(=O)C(Sc1nnc(-c2ccc3c(c2)CCO3)o1)c1ccccc1. The average molecular weight is 353 g/mol. The van der Waals surface area contributed by atoms with Gasteiger partial charge in [-0.25, -0.2) is 0 Å². The number of fused-ring (bicyclic) bond motifs is 1. The van der Waals surface area contributed by atoms with Crippen molar-refractivity contribution in [2.24, 2.45) is 5.73 Å². The largest absolute Gasteiger partial charge is 0.493 e. The Hall–Kier alpha value is -2.80. The minimum atomic E-state index is -0.581. The Morgan fingerprint density at radius 2 is 2.00 bits per heavy atom. The zero-order valence-electron chi connectivity index (χ0n) is 13.2. The predicted molar refractivity (Wildman–Crippen MR) is 93.2 cm³/mol. The molecule has 0 spiro atoms. The summed E-state index contributed by atoms with van der Waals surface area (Å²) in [5, 5.41) is 7.85. The van der Waals surface area contributed by atoms with Crippen molar-refractivity contribution in [3.05, 3.63) is 59.7 Å². The molecule has 0 fully saturated rings. The number of nitrogens with two attached hydrogens (primary N) is 1. The maximum absolute atomic E-state index is 11.8. The van der Waals surface area contributed by atoms with Gasteiger partial charge >= 0.3 is 0 Å². The zero-order valence-corrected chi connectivity index (χ0v) is 14.0. The van der Waals surface area contributed by atoms with E-state index in [0.29, 0.717) is 17.7 Å². The van der Waals surface area contributed by atoms with Crippen molar-refractivity contribution in [2.45, 2.75) is 16.9 Å². The quantitative estimate of drug-likeness (QED) is 0.709. The molecule has 126 valence electrons. The van der Waals surface area contributed by atoms with Gasteiger partial charge in [0.2, 0.25) is 11.8 Å². The lowest BCUT2D eigenvalue weighted by atomic mass is 10.1. The van der Waals surface area contributed by atoms with Crippen LogP contribution in [-0.4, -0.2) is 22.7 Å². The number of carbonyl (C=O) groups is 1. The number of carbonyl (C=O) groups excluding carboxylic acids is 1. The van der Waals surface area contributed by atoms with E-state index < -0.39 is 11.2 Å². The lowest BCUT2D eigenvalue weighted by Crippen LogP contribution is -2.18. The second kappa shape index (κ2) is 6.60. The lowest BCUT2D eigenvalue weighted by Gasteiger charge is -2.10. The molecule has 2 aromatic carbocycles.